The standard InChI is InChI=1S/C13H16O2/c1-9-5-7-11(14-9)13(3,4)12-8-6-10(2)15-12/h5-8H,1-4H3. The Morgan fingerprint density at radius 3 is 1.47 bits per heavy atom. The molecule has 0 saturated heterocycles. The zero-order chi connectivity index (χ0) is 11.1. The Kier molecular flexibility index (Phi) is 2.22. The van der Waals surface area contributed by atoms with Crippen molar-refractivity contribution < 1.29 is 8.83 Å². The third kappa shape index (κ3) is 1.72. The van der Waals surface area contributed by atoms with E-state index in [4.69, 9.17) is 8.83 Å². The van der Waals surface area contributed by atoms with Crippen molar-refractivity contribution in [2.45, 2.75) is 33.1 Å². The molecule has 0 aliphatic heterocycles. The summed E-state index contributed by atoms with van der Waals surface area (Å²) in [7, 11) is 0. The van der Waals surface area contributed by atoms with Gasteiger partial charge in [0.1, 0.15) is 23.0 Å². The molecule has 2 rings (SSSR count). The molecule has 0 unspecified atom stereocenters. The van der Waals surface area contributed by atoms with Crippen LogP contribution in [-0.4, -0.2) is 0 Å². The molecule has 0 N–H and O–H groups in total. The summed E-state index contributed by atoms with van der Waals surface area (Å²) >= 11 is 0. The van der Waals surface area contributed by atoms with Crippen LogP contribution < -0.4 is 0 Å². The lowest BCUT2D eigenvalue weighted by atomic mass is 9.87. The van der Waals surface area contributed by atoms with E-state index in [1.807, 2.05) is 38.1 Å². The maximum absolute atomic E-state index is 5.65. The highest BCUT2D eigenvalue weighted by atomic mass is 16.4. The first kappa shape index (κ1) is 10.1. The number of hydrogen-bond acceptors (Lipinski definition) is 2. The van der Waals surface area contributed by atoms with Gasteiger partial charge in [0.15, 0.2) is 0 Å². The Hall–Kier alpha value is -1.44. The zero-order valence-electron chi connectivity index (χ0n) is 9.63. The molecule has 0 fully saturated rings. The third-order valence-corrected chi connectivity index (χ3v) is 2.71. The molecule has 2 heteroatoms. The van der Waals surface area contributed by atoms with Crippen molar-refractivity contribution in [2.75, 3.05) is 0 Å². The van der Waals surface area contributed by atoms with Crippen molar-refractivity contribution in [1.82, 2.24) is 0 Å². The Bertz CT molecular complexity index is 418. The first-order valence-corrected chi connectivity index (χ1v) is 5.14. The van der Waals surface area contributed by atoms with E-state index in [0.717, 1.165) is 23.0 Å². The highest BCUT2D eigenvalue weighted by Gasteiger charge is 2.29. The normalized spacial score (nSPS) is 12.0. The maximum atomic E-state index is 5.65. The minimum atomic E-state index is -0.206. The largest absolute Gasteiger partial charge is 0.465 e. The van der Waals surface area contributed by atoms with E-state index in [2.05, 4.69) is 13.8 Å². The van der Waals surface area contributed by atoms with E-state index in [1.165, 1.54) is 0 Å². The molecular weight excluding hydrogens is 188 g/mol. The number of rotatable bonds is 2. The number of hydrogen-bond donors (Lipinski definition) is 0. The van der Waals surface area contributed by atoms with Gasteiger partial charge in [0.2, 0.25) is 0 Å². The van der Waals surface area contributed by atoms with Crippen LogP contribution in [0, 0.1) is 13.8 Å². The van der Waals surface area contributed by atoms with E-state index in [1.54, 1.807) is 0 Å². The lowest BCUT2D eigenvalue weighted by Gasteiger charge is -2.19. The number of furan rings is 2. The van der Waals surface area contributed by atoms with E-state index < -0.39 is 0 Å². The van der Waals surface area contributed by atoms with Crippen molar-refractivity contribution in [1.29, 1.82) is 0 Å². The fourth-order valence-corrected chi connectivity index (χ4v) is 1.66. The average molecular weight is 204 g/mol. The fraction of sp³-hybridized carbons (Fsp3) is 0.385. The highest BCUT2D eigenvalue weighted by Crippen LogP contribution is 2.33. The van der Waals surface area contributed by atoms with Crippen LogP contribution in [0.1, 0.15) is 36.9 Å². The summed E-state index contributed by atoms with van der Waals surface area (Å²) in [6, 6.07) is 7.97. The average Bonchev–Trinajstić information content (AvgIpc) is 2.74. The molecule has 2 nitrogen and oxygen atoms in total. The number of aryl methyl sites for hydroxylation is 2. The van der Waals surface area contributed by atoms with Crippen molar-refractivity contribution >= 4 is 0 Å². The predicted octanol–water partition coefficient (Wildman–Crippen LogP) is 3.82. The summed E-state index contributed by atoms with van der Waals surface area (Å²) in [6.45, 7) is 8.10. The van der Waals surface area contributed by atoms with Gasteiger partial charge >= 0.3 is 0 Å². The Balaban J connectivity index is 2.42. The summed E-state index contributed by atoms with van der Waals surface area (Å²) < 4.78 is 11.3. The molecule has 80 valence electrons. The van der Waals surface area contributed by atoms with Gasteiger partial charge in [0.05, 0.1) is 5.41 Å². The van der Waals surface area contributed by atoms with Crippen molar-refractivity contribution in [3.8, 4) is 0 Å². The van der Waals surface area contributed by atoms with Crippen LogP contribution in [0.25, 0.3) is 0 Å². The lowest BCUT2D eigenvalue weighted by molar-refractivity contribution is 0.350. The molecular formula is C13H16O2. The molecule has 0 bridgehead atoms. The molecule has 15 heavy (non-hydrogen) atoms. The van der Waals surface area contributed by atoms with Crippen LogP contribution >= 0.6 is 0 Å². The maximum Gasteiger partial charge on any atom is 0.117 e. The first-order valence-electron chi connectivity index (χ1n) is 5.14. The molecule has 0 aliphatic carbocycles. The van der Waals surface area contributed by atoms with E-state index in [9.17, 15) is 0 Å². The fourth-order valence-electron chi connectivity index (χ4n) is 1.66. The van der Waals surface area contributed by atoms with Crippen molar-refractivity contribution in [2.24, 2.45) is 0 Å². The molecule has 0 aromatic carbocycles. The third-order valence-electron chi connectivity index (χ3n) is 2.71. The van der Waals surface area contributed by atoms with Crippen LogP contribution in [0.2, 0.25) is 0 Å². The molecule has 2 aromatic heterocycles. The summed E-state index contributed by atoms with van der Waals surface area (Å²) in [6.07, 6.45) is 0. The van der Waals surface area contributed by atoms with Gasteiger partial charge in [0, 0.05) is 0 Å². The molecule has 2 heterocycles. The van der Waals surface area contributed by atoms with Gasteiger partial charge in [-0.3, -0.25) is 0 Å². The van der Waals surface area contributed by atoms with Crippen molar-refractivity contribution in [3.05, 3.63) is 47.3 Å². The monoisotopic (exact) mass is 204 g/mol. The second kappa shape index (κ2) is 3.30. The summed E-state index contributed by atoms with van der Waals surface area (Å²) in [5.74, 6) is 3.74. The second-order valence-electron chi connectivity index (χ2n) is 4.45. The Labute approximate surface area is 89.9 Å². The molecule has 0 aliphatic rings. The van der Waals surface area contributed by atoms with Gasteiger partial charge in [-0.25, -0.2) is 0 Å². The van der Waals surface area contributed by atoms with E-state index >= 15 is 0 Å². The molecule has 0 radical (unpaired) electrons. The Morgan fingerprint density at radius 2 is 1.20 bits per heavy atom. The quantitative estimate of drug-likeness (QED) is 0.743. The van der Waals surface area contributed by atoms with Gasteiger partial charge in [-0.15, -0.1) is 0 Å². The zero-order valence-corrected chi connectivity index (χ0v) is 9.63. The van der Waals surface area contributed by atoms with Gasteiger partial charge in [0.25, 0.3) is 0 Å². The summed E-state index contributed by atoms with van der Waals surface area (Å²) in [4.78, 5) is 0. The van der Waals surface area contributed by atoms with Crippen LogP contribution in [0.5, 0.6) is 0 Å². The van der Waals surface area contributed by atoms with Crippen LogP contribution in [0.3, 0.4) is 0 Å². The lowest BCUT2D eigenvalue weighted by Crippen LogP contribution is -2.16. The summed E-state index contributed by atoms with van der Waals surface area (Å²) in [5.41, 5.74) is -0.206. The van der Waals surface area contributed by atoms with E-state index in [0.29, 0.717) is 0 Å². The smallest absolute Gasteiger partial charge is 0.117 e. The molecule has 2 aromatic rings. The molecule has 0 amide bonds. The molecule has 0 atom stereocenters. The minimum Gasteiger partial charge on any atom is -0.465 e. The summed E-state index contributed by atoms with van der Waals surface area (Å²) in [5, 5.41) is 0. The van der Waals surface area contributed by atoms with Gasteiger partial charge in [-0.1, -0.05) is 0 Å². The predicted molar refractivity (Wildman–Crippen MR) is 59.0 cm³/mol. The second-order valence-corrected chi connectivity index (χ2v) is 4.45. The highest BCUT2D eigenvalue weighted by molar-refractivity contribution is 5.27. The van der Waals surface area contributed by atoms with Gasteiger partial charge in [-0.2, -0.15) is 0 Å². The first-order chi connectivity index (χ1) is 7.00. The minimum absolute atomic E-state index is 0.206. The Morgan fingerprint density at radius 1 is 0.800 bits per heavy atom. The molecule has 0 spiro atoms. The van der Waals surface area contributed by atoms with Crippen LogP contribution in [0.4, 0.5) is 0 Å². The van der Waals surface area contributed by atoms with E-state index in [-0.39, 0.29) is 5.41 Å². The SMILES string of the molecule is Cc1ccc(C(C)(C)c2ccc(C)o2)o1. The van der Waals surface area contributed by atoms with Crippen LogP contribution in [-0.2, 0) is 5.41 Å². The van der Waals surface area contributed by atoms with Gasteiger partial charge < -0.3 is 8.83 Å². The topological polar surface area (TPSA) is 26.3 Å². The molecule has 0 saturated carbocycles. The van der Waals surface area contributed by atoms with Gasteiger partial charge in [-0.05, 0) is 52.0 Å². The van der Waals surface area contributed by atoms with Crippen LogP contribution in [0.15, 0.2) is 33.1 Å². The van der Waals surface area contributed by atoms with Crippen molar-refractivity contribution in [3.63, 3.8) is 0 Å².